The second-order valence-corrected chi connectivity index (χ2v) is 10.5. The largest absolute Gasteiger partial charge is 0.465 e. The van der Waals surface area contributed by atoms with Crippen LogP contribution in [0.1, 0.15) is 49.5 Å². The first kappa shape index (κ1) is 28.0. The standard InChI is InChI=1S/C27H31N5O6S/c1-4-8-23-22(26-30-31(16-25(33)38-5-2)17-32(26)18(3)28-23)15-19-11-13-20(14-12-19)29-27(34)21-9-6-7-10-24(21)39(35,36)37/h6-7,9-14H,4-5,8,15-17H2,1-3H3,(H,29,34)(H,35,36,37). The van der Waals surface area contributed by atoms with Crippen molar-refractivity contribution in [1.29, 1.82) is 0 Å². The molecule has 2 aliphatic rings. The Balaban J connectivity index is 1.54. The minimum atomic E-state index is -4.55. The number of nitrogens with zero attached hydrogens (tertiary/aromatic N) is 4. The maximum atomic E-state index is 12.7. The Hall–Kier alpha value is -4.03. The van der Waals surface area contributed by atoms with Gasteiger partial charge in [-0.1, -0.05) is 37.6 Å². The molecule has 2 N–H and O–H groups in total. The average molecular weight is 554 g/mol. The molecule has 2 aromatic rings. The van der Waals surface area contributed by atoms with E-state index in [-0.39, 0.29) is 18.1 Å². The van der Waals surface area contributed by atoms with Crippen molar-refractivity contribution in [2.75, 3.05) is 25.1 Å². The summed E-state index contributed by atoms with van der Waals surface area (Å²) in [6.45, 7) is 6.54. The molecule has 0 saturated heterocycles. The van der Waals surface area contributed by atoms with Crippen LogP contribution in [0.5, 0.6) is 0 Å². The van der Waals surface area contributed by atoms with E-state index < -0.39 is 20.9 Å². The fourth-order valence-corrected chi connectivity index (χ4v) is 5.12. The lowest BCUT2D eigenvalue weighted by Gasteiger charge is -2.27. The van der Waals surface area contributed by atoms with Gasteiger partial charge in [0.15, 0.2) is 5.84 Å². The molecule has 0 fully saturated rings. The van der Waals surface area contributed by atoms with E-state index in [9.17, 15) is 22.6 Å². The van der Waals surface area contributed by atoms with E-state index in [0.29, 0.717) is 25.4 Å². The van der Waals surface area contributed by atoms with Crippen molar-refractivity contribution in [3.8, 4) is 0 Å². The zero-order valence-corrected chi connectivity index (χ0v) is 22.9. The van der Waals surface area contributed by atoms with Crippen molar-refractivity contribution in [3.63, 3.8) is 0 Å². The van der Waals surface area contributed by atoms with E-state index in [0.717, 1.165) is 41.3 Å². The van der Waals surface area contributed by atoms with Crippen LogP contribution in [-0.4, -0.2) is 66.2 Å². The highest BCUT2D eigenvalue weighted by molar-refractivity contribution is 7.86. The maximum absolute atomic E-state index is 12.7. The van der Waals surface area contributed by atoms with Gasteiger partial charge in [-0.05, 0) is 50.1 Å². The molecule has 12 heteroatoms. The molecule has 11 nitrogen and oxygen atoms in total. The molecule has 2 aliphatic heterocycles. The summed E-state index contributed by atoms with van der Waals surface area (Å²) in [5.74, 6) is 0.580. The minimum Gasteiger partial charge on any atom is -0.465 e. The van der Waals surface area contributed by atoms with Gasteiger partial charge >= 0.3 is 5.97 Å². The number of hydrazone groups is 1. The van der Waals surface area contributed by atoms with Crippen LogP contribution >= 0.6 is 0 Å². The molecule has 0 atom stereocenters. The lowest BCUT2D eigenvalue weighted by atomic mass is 9.98. The topological polar surface area (TPSA) is 141 Å². The Morgan fingerprint density at radius 2 is 1.82 bits per heavy atom. The SMILES string of the molecule is CCCC1=C(Cc2ccc(NC(=O)c3ccccc3S(=O)(=O)O)cc2)C2=NN(CC(=O)OCC)CN2C(C)=N1. The molecule has 0 bridgehead atoms. The number of fused-ring (bicyclic) bond motifs is 1. The summed E-state index contributed by atoms with van der Waals surface area (Å²) < 4.78 is 37.8. The monoisotopic (exact) mass is 553 g/mol. The molecule has 0 aromatic heterocycles. The molecule has 4 rings (SSSR count). The number of rotatable bonds is 10. The second-order valence-electron chi connectivity index (χ2n) is 9.10. The van der Waals surface area contributed by atoms with E-state index in [4.69, 9.17) is 14.8 Å². The molecule has 0 radical (unpaired) electrons. The number of esters is 1. The van der Waals surface area contributed by atoms with Gasteiger partial charge in [-0.15, -0.1) is 0 Å². The van der Waals surface area contributed by atoms with E-state index in [1.807, 2.05) is 24.0 Å². The minimum absolute atomic E-state index is 0.0482. The molecule has 0 saturated carbocycles. The van der Waals surface area contributed by atoms with Crippen molar-refractivity contribution in [3.05, 3.63) is 70.9 Å². The highest BCUT2D eigenvalue weighted by Crippen LogP contribution is 2.29. The number of aliphatic imine (C=N–C) groups is 1. The first-order valence-electron chi connectivity index (χ1n) is 12.6. The van der Waals surface area contributed by atoms with Gasteiger partial charge in [0, 0.05) is 23.4 Å². The smallest absolute Gasteiger partial charge is 0.327 e. The molecular weight excluding hydrogens is 522 g/mol. The zero-order valence-electron chi connectivity index (χ0n) is 22.0. The predicted octanol–water partition coefficient (Wildman–Crippen LogP) is 3.67. The van der Waals surface area contributed by atoms with Crippen molar-refractivity contribution < 1.29 is 27.3 Å². The second kappa shape index (κ2) is 11.8. The fourth-order valence-electron chi connectivity index (χ4n) is 4.43. The van der Waals surface area contributed by atoms with Crippen molar-refractivity contribution in [2.24, 2.45) is 10.1 Å². The van der Waals surface area contributed by atoms with Gasteiger partial charge in [-0.25, -0.2) is 4.99 Å². The molecular formula is C27H31N5O6S. The third-order valence-corrected chi connectivity index (χ3v) is 7.12. The Labute approximate surface area is 227 Å². The van der Waals surface area contributed by atoms with E-state index in [2.05, 4.69) is 12.2 Å². The van der Waals surface area contributed by atoms with Gasteiger partial charge in [-0.2, -0.15) is 13.5 Å². The number of carbonyl (C=O) groups is 2. The summed E-state index contributed by atoms with van der Waals surface area (Å²) in [5.41, 5.74) is 3.18. The number of nitrogens with one attached hydrogen (secondary N) is 1. The maximum Gasteiger partial charge on any atom is 0.327 e. The summed E-state index contributed by atoms with van der Waals surface area (Å²) in [7, 11) is -4.55. The number of benzene rings is 2. The van der Waals surface area contributed by atoms with Crippen molar-refractivity contribution >= 4 is 39.4 Å². The normalized spacial score (nSPS) is 15.1. The molecule has 1 amide bonds. The molecule has 39 heavy (non-hydrogen) atoms. The number of allylic oxidation sites excluding steroid dienone is 1. The Kier molecular flexibility index (Phi) is 8.46. The fraction of sp³-hybridized carbons (Fsp3) is 0.333. The van der Waals surface area contributed by atoms with Crippen LogP contribution < -0.4 is 5.32 Å². The van der Waals surface area contributed by atoms with E-state index >= 15 is 0 Å². The van der Waals surface area contributed by atoms with Crippen LogP contribution in [0.3, 0.4) is 0 Å². The van der Waals surface area contributed by atoms with E-state index in [1.54, 1.807) is 24.1 Å². The highest BCUT2D eigenvalue weighted by atomic mass is 32.2. The summed E-state index contributed by atoms with van der Waals surface area (Å²) in [5, 5.41) is 9.07. The summed E-state index contributed by atoms with van der Waals surface area (Å²) in [6, 6.07) is 12.6. The Bertz CT molecular complexity index is 1460. The van der Waals surface area contributed by atoms with Gasteiger partial charge in [0.1, 0.15) is 23.9 Å². The zero-order chi connectivity index (χ0) is 28.2. The first-order chi connectivity index (χ1) is 18.6. The number of anilines is 1. The van der Waals surface area contributed by atoms with Crippen LogP contribution in [0.15, 0.2) is 74.8 Å². The molecule has 2 aromatic carbocycles. The Morgan fingerprint density at radius 1 is 1.10 bits per heavy atom. The number of amidine groups is 2. The first-order valence-corrected chi connectivity index (χ1v) is 14.1. The molecule has 0 aliphatic carbocycles. The van der Waals surface area contributed by atoms with E-state index in [1.165, 1.54) is 24.3 Å². The summed E-state index contributed by atoms with van der Waals surface area (Å²) in [6.07, 6.45) is 2.22. The molecule has 2 heterocycles. The van der Waals surface area contributed by atoms with Crippen LogP contribution in [0.4, 0.5) is 5.69 Å². The van der Waals surface area contributed by atoms with Gasteiger partial charge < -0.3 is 10.1 Å². The van der Waals surface area contributed by atoms with Crippen LogP contribution in [0, 0.1) is 0 Å². The van der Waals surface area contributed by atoms with Gasteiger partial charge in [0.2, 0.25) is 0 Å². The van der Waals surface area contributed by atoms with Crippen LogP contribution in [0.2, 0.25) is 0 Å². The third-order valence-electron chi connectivity index (χ3n) is 6.21. The Morgan fingerprint density at radius 3 is 2.49 bits per heavy atom. The van der Waals surface area contributed by atoms with Crippen molar-refractivity contribution in [1.82, 2.24) is 9.91 Å². The highest BCUT2D eigenvalue weighted by Gasteiger charge is 2.33. The summed E-state index contributed by atoms with van der Waals surface area (Å²) in [4.78, 5) is 31.1. The lowest BCUT2D eigenvalue weighted by molar-refractivity contribution is -0.144. The number of amides is 1. The number of ether oxygens (including phenoxy) is 1. The number of hydrogen-bond donors (Lipinski definition) is 2. The van der Waals surface area contributed by atoms with Gasteiger partial charge in [-0.3, -0.25) is 24.1 Å². The molecule has 0 unspecified atom stereocenters. The van der Waals surface area contributed by atoms with Gasteiger partial charge in [0.05, 0.1) is 12.2 Å². The summed E-state index contributed by atoms with van der Waals surface area (Å²) >= 11 is 0. The third kappa shape index (κ3) is 6.52. The van der Waals surface area contributed by atoms with Crippen LogP contribution in [-0.2, 0) is 26.1 Å². The predicted molar refractivity (Wildman–Crippen MR) is 147 cm³/mol. The number of carbonyl (C=O) groups excluding carboxylic acids is 2. The molecule has 206 valence electrons. The van der Waals surface area contributed by atoms with Crippen molar-refractivity contribution in [2.45, 2.75) is 44.9 Å². The average Bonchev–Trinajstić information content (AvgIpc) is 3.31. The lowest BCUT2D eigenvalue weighted by Crippen LogP contribution is -2.39. The number of hydrogen-bond acceptors (Lipinski definition) is 9. The quantitative estimate of drug-likeness (QED) is 0.335. The molecule has 0 spiro atoms. The van der Waals surface area contributed by atoms with Crippen LogP contribution in [0.25, 0.3) is 0 Å². The van der Waals surface area contributed by atoms with Gasteiger partial charge in [0.25, 0.3) is 16.0 Å².